The Morgan fingerprint density at radius 2 is 1.87 bits per heavy atom. The van der Waals surface area contributed by atoms with Gasteiger partial charge in [-0.15, -0.1) is 0 Å². The van der Waals surface area contributed by atoms with Crippen LogP contribution in [-0.2, 0) is 4.79 Å². The van der Waals surface area contributed by atoms with Crippen molar-refractivity contribution in [3.05, 3.63) is 66.4 Å². The Hall–Kier alpha value is -3.45. The normalized spacial score (nSPS) is 17.7. The van der Waals surface area contributed by atoms with Crippen molar-refractivity contribution < 1.29 is 14.3 Å². The smallest absolute Gasteiger partial charge is 0.269 e. The Labute approximate surface area is 177 Å². The van der Waals surface area contributed by atoms with Crippen LogP contribution in [0.1, 0.15) is 12.5 Å². The number of aromatic nitrogens is 2. The van der Waals surface area contributed by atoms with Crippen molar-refractivity contribution in [2.45, 2.75) is 26.1 Å². The minimum Gasteiger partial charge on any atom is -0.482 e. The first-order valence-corrected chi connectivity index (χ1v) is 10.5. The van der Waals surface area contributed by atoms with Crippen molar-refractivity contribution in [2.75, 3.05) is 5.32 Å². The third-order valence-electron chi connectivity index (χ3n) is 5.00. The van der Waals surface area contributed by atoms with Gasteiger partial charge in [-0.05, 0) is 61.9 Å². The number of hydrogen-bond donors (Lipinski definition) is 1. The van der Waals surface area contributed by atoms with E-state index in [4.69, 9.17) is 9.47 Å². The first-order valence-electron chi connectivity index (χ1n) is 9.64. The molecule has 150 valence electrons. The van der Waals surface area contributed by atoms with Gasteiger partial charge >= 0.3 is 0 Å². The highest BCUT2D eigenvalue weighted by Gasteiger charge is 2.34. The highest BCUT2D eigenvalue weighted by molar-refractivity contribution is 7.21. The van der Waals surface area contributed by atoms with Gasteiger partial charge in [0.05, 0.1) is 0 Å². The lowest BCUT2D eigenvalue weighted by Gasteiger charge is -2.31. The summed E-state index contributed by atoms with van der Waals surface area (Å²) in [6, 6.07) is 17.1. The summed E-state index contributed by atoms with van der Waals surface area (Å²) < 4.78 is 11.7. The Bertz CT molecular complexity index is 1220. The predicted octanol–water partition coefficient (Wildman–Crippen LogP) is 4.83. The number of aryl methyl sites for hydroxylation is 1. The van der Waals surface area contributed by atoms with Crippen LogP contribution in [0.5, 0.6) is 11.5 Å². The maximum absolute atomic E-state index is 12.9. The topological polar surface area (TPSA) is 73.3 Å². The van der Waals surface area contributed by atoms with Gasteiger partial charge in [-0.2, -0.15) is 0 Å². The lowest BCUT2D eigenvalue weighted by Crippen LogP contribution is -2.46. The molecule has 3 heterocycles. The number of carbonyl (C=O) groups excluding carboxylic acids is 1. The van der Waals surface area contributed by atoms with Crippen LogP contribution in [0.4, 0.5) is 5.69 Å². The summed E-state index contributed by atoms with van der Waals surface area (Å²) in [7, 11) is 0. The number of hydrogen-bond acceptors (Lipinski definition) is 6. The molecule has 2 aromatic heterocycles. The van der Waals surface area contributed by atoms with Crippen molar-refractivity contribution in [1.29, 1.82) is 0 Å². The first-order chi connectivity index (χ1) is 14.6. The van der Waals surface area contributed by atoms with Gasteiger partial charge in [0.2, 0.25) is 6.10 Å². The second kappa shape index (κ2) is 7.42. The van der Waals surface area contributed by atoms with E-state index in [9.17, 15) is 4.79 Å². The summed E-state index contributed by atoms with van der Waals surface area (Å²) in [6.07, 6.45) is 0.647. The molecule has 1 aliphatic rings. The number of anilines is 1. The molecule has 4 aromatic rings. The van der Waals surface area contributed by atoms with Gasteiger partial charge < -0.3 is 14.8 Å². The fourth-order valence-electron chi connectivity index (χ4n) is 3.44. The average Bonchev–Trinajstić information content (AvgIpc) is 3.19. The summed E-state index contributed by atoms with van der Waals surface area (Å²) in [6.45, 7) is 3.79. The number of amides is 1. The second-order valence-corrected chi connectivity index (χ2v) is 8.15. The number of thiazole rings is 1. The molecule has 7 heteroatoms. The molecule has 2 aromatic carbocycles. The molecule has 0 aliphatic carbocycles. The first kappa shape index (κ1) is 18.6. The van der Waals surface area contributed by atoms with Crippen LogP contribution >= 0.6 is 11.3 Å². The molecule has 1 N–H and O–H groups in total. The quantitative estimate of drug-likeness (QED) is 0.517. The number of fused-ring (bicyclic) bond motifs is 2. The summed E-state index contributed by atoms with van der Waals surface area (Å²) in [5, 5.41) is 3.87. The van der Waals surface area contributed by atoms with Gasteiger partial charge in [-0.1, -0.05) is 23.5 Å². The van der Waals surface area contributed by atoms with E-state index < -0.39 is 12.2 Å². The van der Waals surface area contributed by atoms with E-state index in [1.165, 1.54) is 0 Å². The fraction of sp³-hybridized carbons (Fsp3) is 0.174. The number of nitrogens with zero attached hydrogens (tertiary/aromatic N) is 2. The van der Waals surface area contributed by atoms with Gasteiger partial charge in [0.1, 0.15) is 21.5 Å². The van der Waals surface area contributed by atoms with E-state index in [1.54, 1.807) is 23.6 Å². The lowest BCUT2D eigenvalue weighted by atomic mass is 10.1. The molecule has 2 unspecified atom stereocenters. The number of pyridine rings is 1. The van der Waals surface area contributed by atoms with E-state index in [0.29, 0.717) is 11.5 Å². The molecule has 30 heavy (non-hydrogen) atoms. The molecular formula is C23H19N3O3S. The molecule has 0 saturated heterocycles. The molecule has 0 saturated carbocycles. The second-order valence-electron chi connectivity index (χ2n) is 7.17. The number of carbonyl (C=O) groups is 1. The fourth-order valence-corrected chi connectivity index (χ4v) is 4.34. The molecular weight excluding hydrogens is 398 g/mol. The summed E-state index contributed by atoms with van der Waals surface area (Å²) in [5.74, 6) is 0.990. The molecule has 1 amide bonds. The Kier molecular flexibility index (Phi) is 4.59. The minimum absolute atomic E-state index is 0.239. The van der Waals surface area contributed by atoms with Gasteiger partial charge in [0.15, 0.2) is 11.5 Å². The van der Waals surface area contributed by atoms with Crippen molar-refractivity contribution in [3.8, 4) is 22.1 Å². The van der Waals surface area contributed by atoms with Crippen LogP contribution in [0.15, 0.2) is 60.8 Å². The monoisotopic (exact) mass is 417 g/mol. The molecule has 0 spiro atoms. The highest BCUT2D eigenvalue weighted by Crippen LogP contribution is 2.34. The standard InChI is InChI=1S/C23H19N3O3S/c1-13-12-15(22-26-17-6-5-11-24-23(17)30-22)9-10-16(13)25-21(27)20-14(2)28-18-7-3-4-8-19(18)29-20/h3-12,14,20H,1-2H3,(H,25,27). The van der Waals surface area contributed by atoms with Crippen molar-refractivity contribution in [1.82, 2.24) is 9.97 Å². The molecule has 5 rings (SSSR count). The van der Waals surface area contributed by atoms with Crippen LogP contribution < -0.4 is 14.8 Å². The molecule has 0 bridgehead atoms. The van der Waals surface area contributed by atoms with Gasteiger partial charge in [-0.3, -0.25) is 4.79 Å². The zero-order valence-corrected chi connectivity index (χ0v) is 17.3. The third-order valence-corrected chi connectivity index (χ3v) is 6.03. The highest BCUT2D eigenvalue weighted by atomic mass is 32.1. The molecule has 6 nitrogen and oxygen atoms in total. The van der Waals surface area contributed by atoms with Crippen LogP contribution in [0.25, 0.3) is 20.9 Å². The van der Waals surface area contributed by atoms with E-state index in [2.05, 4.69) is 15.3 Å². The van der Waals surface area contributed by atoms with Crippen LogP contribution in [-0.4, -0.2) is 28.1 Å². The van der Waals surface area contributed by atoms with Gasteiger partial charge in [0, 0.05) is 17.4 Å². The van der Waals surface area contributed by atoms with Gasteiger partial charge in [-0.25, -0.2) is 9.97 Å². The summed E-state index contributed by atoms with van der Waals surface area (Å²) >= 11 is 1.55. The SMILES string of the molecule is Cc1cc(-c2nc3cccnc3s2)ccc1NC(=O)C1Oc2ccccc2OC1C. The largest absolute Gasteiger partial charge is 0.482 e. The van der Waals surface area contributed by atoms with Crippen LogP contribution in [0.3, 0.4) is 0 Å². The number of ether oxygens (including phenoxy) is 2. The number of nitrogens with one attached hydrogen (secondary N) is 1. The van der Waals surface area contributed by atoms with E-state index in [-0.39, 0.29) is 5.91 Å². The zero-order valence-electron chi connectivity index (χ0n) is 16.5. The molecule has 0 radical (unpaired) electrons. The third kappa shape index (κ3) is 3.37. The Morgan fingerprint density at radius 3 is 2.63 bits per heavy atom. The van der Waals surface area contributed by atoms with E-state index >= 15 is 0 Å². The Balaban J connectivity index is 1.36. The maximum Gasteiger partial charge on any atom is 0.269 e. The number of benzene rings is 2. The number of rotatable bonds is 3. The summed E-state index contributed by atoms with van der Waals surface area (Å²) in [4.78, 5) is 22.8. The van der Waals surface area contributed by atoms with Crippen molar-refractivity contribution >= 4 is 33.3 Å². The zero-order chi connectivity index (χ0) is 20.7. The molecule has 1 aliphatic heterocycles. The molecule has 0 fully saturated rings. The Morgan fingerprint density at radius 1 is 1.07 bits per heavy atom. The average molecular weight is 417 g/mol. The van der Waals surface area contributed by atoms with E-state index in [0.717, 1.165) is 32.2 Å². The van der Waals surface area contributed by atoms with Gasteiger partial charge in [0.25, 0.3) is 5.91 Å². The van der Waals surface area contributed by atoms with E-state index in [1.807, 2.05) is 62.4 Å². The van der Waals surface area contributed by atoms with Crippen molar-refractivity contribution in [2.24, 2.45) is 0 Å². The lowest BCUT2D eigenvalue weighted by molar-refractivity contribution is -0.128. The van der Waals surface area contributed by atoms with Crippen LogP contribution in [0.2, 0.25) is 0 Å². The predicted molar refractivity (Wildman–Crippen MR) is 117 cm³/mol. The molecule has 2 atom stereocenters. The summed E-state index contributed by atoms with van der Waals surface area (Å²) in [5.41, 5.74) is 3.56. The number of para-hydroxylation sites is 2. The van der Waals surface area contributed by atoms with Crippen LogP contribution in [0, 0.1) is 6.92 Å². The minimum atomic E-state index is -0.727. The van der Waals surface area contributed by atoms with Crippen molar-refractivity contribution in [3.63, 3.8) is 0 Å². The maximum atomic E-state index is 12.9.